The van der Waals surface area contributed by atoms with Crippen LogP contribution in [-0.4, -0.2) is 55.1 Å². The van der Waals surface area contributed by atoms with E-state index in [1.807, 2.05) is 22.9 Å². The van der Waals surface area contributed by atoms with Crippen LogP contribution in [0.3, 0.4) is 0 Å². The summed E-state index contributed by atoms with van der Waals surface area (Å²) in [6, 6.07) is 5.81. The first kappa shape index (κ1) is 23.2. The van der Waals surface area contributed by atoms with Crippen LogP contribution in [0.25, 0.3) is 33.4 Å². The van der Waals surface area contributed by atoms with Gasteiger partial charge < -0.3 is 26.3 Å². The van der Waals surface area contributed by atoms with Gasteiger partial charge in [-0.3, -0.25) is 0 Å². The summed E-state index contributed by atoms with van der Waals surface area (Å²) in [4.78, 5) is 21.7. The summed E-state index contributed by atoms with van der Waals surface area (Å²) in [6.45, 7) is 2.89. The molecule has 34 heavy (non-hydrogen) atoms. The fraction of sp³-hybridized carbons (Fsp3) is 0.350. The summed E-state index contributed by atoms with van der Waals surface area (Å²) < 4.78 is 39.1. The lowest BCUT2D eigenvalue weighted by molar-refractivity contribution is -0.192. The summed E-state index contributed by atoms with van der Waals surface area (Å²) in [5, 5.41) is 16.1. The minimum atomic E-state index is -5.08. The maximum absolute atomic E-state index is 10.6. The van der Waals surface area contributed by atoms with Crippen LogP contribution in [0.15, 0.2) is 28.9 Å². The van der Waals surface area contributed by atoms with Gasteiger partial charge in [-0.15, -0.1) is 0 Å². The van der Waals surface area contributed by atoms with E-state index in [0.29, 0.717) is 22.8 Å². The number of aromatic nitrogens is 5. The number of benzene rings is 1. The highest BCUT2D eigenvalue weighted by atomic mass is 19.4. The molecule has 4 aromatic rings. The van der Waals surface area contributed by atoms with E-state index >= 15 is 0 Å². The van der Waals surface area contributed by atoms with Crippen LogP contribution >= 0.6 is 0 Å². The number of nitrogen functional groups attached to an aromatic ring is 2. The maximum atomic E-state index is 10.6. The van der Waals surface area contributed by atoms with Crippen LogP contribution in [-0.2, 0) is 11.3 Å². The largest absolute Gasteiger partial charge is 0.490 e. The third kappa shape index (κ3) is 4.85. The van der Waals surface area contributed by atoms with Gasteiger partial charge in [-0.05, 0) is 50.0 Å². The number of carboxylic acid groups (broad SMARTS) is 1. The molecule has 1 aliphatic rings. The predicted molar refractivity (Wildman–Crippen MR) is 116 cm³/mol. The normalized spacial score (nSPS) is 14.8. The molecular weight excluding hydrogens is 457 g/mol. The second-order valence-electron chi connectivity index (χ2n) is 7.72. The molecule has 1 fully saturated rings. The average molecular weight is 478 g/mol. The number of fused-ring (bicyclic) bond motifs is 2. The van der Waals surface area contributed by atoms with Gasteiger partial charge in [-0.1, -0.05) is 0 Å². The van der Waals surface area contributed by atoms with Crippen molar-refractivity contribution in [2.24, 2.45) is 5.92 Å². The van der Waals surface area contributed by atoms with E-state index in [1.54, 1.807) is 0 Å². The van der Waals surface area contributed by atoms with Crippen LogP contribution in [0.5, 0.6) is 0 Å². The van der Waals surface area contributed by atoms with Crippen molar-refractivity contribution in [2.45, 2.75) is 25.6 Å². The molecule has 1 aliphatic heterocycles. The highest BCUT2D eigenvalue weighted by molar-refractivity contribution is 5.99. The van der Waals surface area contributed by atoms with E-state index in [0.717, 1.165) is 54.8 Å². The smallest absolute Gasteiger partial charge is 0.475 e. The first-order valence-electron chi connectivity index (χ1n) is 10.3. The number of nitrogens with one attached hydrogen (secondary N) is 1. The zero-order valence-corrected chi connectivity index (χ0v) is 17.7. The van der Waals surface area contributed by atoms with E-state index in [2.05, 4.69) is 20.3 Å². The van der Waals surface area contributed by atoms with Crippen LogP contribution in [0.1, 0.15) is 12.8 Å². The summed E-state index contributed by atoms with van der Waals surface area (Å²) in [7, 11) is 0. The Morgan fingerprint density at radius 2 is 1.94 bits per heavy atom. The molecule has 0 bridgehead atoms. The van der Waals surface area contributed by atoms with Gasteiger partial charge in [0, 0.05) is 12.1 Å². The summed E-state index contributed by atoms with van der Waals surface area (Å²) in [5.41, 5.74) is 15.6. The number of halogens is 3. The number of hydrogen-bond donors (Lipinski definition) is 4. The molecule has 0 amide bonds. The molecule has 4 heterocycles. The van der Waals surface area contributed by atoms with Crippen molar-refractivity contribution in [3.05, 3.63) is 24.5 Å². The molecule has 0 unspecified atom stereocenters. The Bertz CT molecular complexity index is 1330. The van der Waals surface area contributed by atoms with Gasteiger partial charge >= 0.3 is 12.1 Å². The monoisotopic (exact) mass is 478 g/mol. The Hall–Kier alpha value is -3.94. The molecule has 1 aromatic carbocycles. The number of nitrogens with zero attached hydrogens (tertiary/aromatic N) is 5. The molecule has 0 aliphatic carbocycles. The molecule has 6 N–H and O–H groups in total. The van der Waals surface area contributed by atoms with E-state index in [4.69, 9.17) is 30.9 Å². The topological polar surface area (TPSA) is 171 Å². The Morgan fingerprint density at radius 1 is 1.24 bits per heavy atom. The minimum absolute atomic E-state index is 0.145. The van der Waals surface area contributed by atoms with E-state index in [9.17, 15) is 13.2 Å². The molecule has 3 aromatic heterocycles. The standard InChI is InChI=1S/C18H20N8O.C2HF3O2/c19-16-14-15(11-1-2-13-12(7-11)24-18(20)27-13)25-26(17(14)23-9-22-16)8-10-3-5-21-6-4-10;3-2(4,5)1(6)7/h1-2,7,9-10,21H,3-6,8H2,(H2,20,24)(H2,19,22,23);(H,6,7). The molecule has 0 radical (unpaired) electrons. The Morgan fingerprint density at radius 3 is 2.62 bits per heavy atom. The minimum Gasteiger partial charge on any atom is -0.475 e. The number of alkyl halides is 3. The van der Waals surface area contributed by atoms with Crippen molar-refractivity contribution in [1.29, 1.82) is 0 Å². The quantitative estimate of drug-likeness (QED) is 0.343. The van der Waals surface area contributed by atoms with Crippen molar-refractivity contribution < 1.29 is 27.5 Å². The molecule has 0 spiro atoms. The number of hydrogen-bond acceptors (Lipinski definition) is 9. The Labute approximate surface area is 190 Å². The molecule has 0 atom stereocenters. The van der Waals surface area contributed by atoms with E-state index in [-0.39, 0.29) is 6.01 Å². The van der Waals surface area contributed by atoms with Crippen molar-refractivity contribution in [3.63, 3.8) is 0 Å². The van der Waals surface area contributed by atoms with Crippen molar-refractivity contribution in [2.75, 3.05) is 24.6 Å². The SMILES string of the molecule is Nc1nc2cc(-c3nn(CC4CCNCC4)c4ncnc(N)c34)ccc2o1.O=C(O)C(F)(F)F. The van der Waals surface area contributed by atoms with Crippen LogP contribution in [0, 0.1) is 5.92 Å². The lowest BCUT2D eigenvalue weighted by Crippen LogP contribution is -2.30. The second kappa shape index (κ2) is 9.13. The van der Waals surface area contributed by atoms with Crippen molar-refractivity contribution in [3.8, 4) is 11.3 Å². The zero-order chi connectivity index (χ0) is 24.5. The fourth-order valence-electron chi connectivity index (χ4n) is 3.76. The highest BCUT2D eigenvalue weighted by Gasteiger charge is 2.38. The number of oxazole rings is 1. The Balaban J connectivity index is 0.000000344. The highest BCUT2D eigenvalue weighted by Crippen LogP contribution is 2.33. The van der Waals surface area contributed by atoms with E-state index < -0.39 is 12.1 Å². The van der Waals surface area contributed by atoms with Crippen molar-refractivity contribution in [1.82, 2.24) is 30.0 Å². The van der Waals surface area contributed by atoms with Gasteiger partial charge in [-0.2, -0.15) is 23.3 Å². The number of anilines is 2. The van der Waals surface area contributed by atoms with Crippen LogP contribution in [0.2, 0.25) is 0 Å². The van der Waals surface area contributed by atoms with Gasteiger partial charge in [0.25, 0.3) is 6.01 Å². The molecule has 180 valence electrons. The average Bonchev–Trinajstić information content (AvgIpc) is 3.34. The number of nitrogens with two attached hydrogens (primary N) is 2. The first-order valence-corrected chi connectivity index (χ1v) is 10.3. The first-order chi connectivity index (χ1) is 16.1. The Kier molecular flexibility index (Phi) is 6.24. The second-order valence-corrected chi connectivity index (χ2v) is 7.72. The van der Waals surface area contributed by atoms with Gasteiger partial charge in [0.2, 0.25) is 0 Å². The summed E-state index contributed by atoms with van der Waals surface area (Å²) in [5.74, 6) is -1.77. The van der Waals surface area contributed by atoms with Crippen LogP contribution < -0.4 is 16.8 Å². The summed E-state index contributed by atoms with van der Waals surface area (Å²) in [6.07, 6.45) is -1.34. The molecule has 0 saturated carbocycles. The van der Waals surface area contributed by atoms with Gasteiger partial charge in [-0.25, -0.2) is 19.4 Å². The fourth-order valence-corrected chi connectivity index (χ4v) is 3.76. The number of rotatable bonds is 3. The van der Waals surface area contributed by atoms with Crippen LogP contribution in [0.4, 0.5) is 25.0 Å². The summed E-state index contributed by atoms with van der Waals surface area (Å²) >= 11 is 0. The van der Waals surface area contributed by atoms with Crippen molar-refractivity contribution >= 4 is 39.9 Å². The number of carboxylic acids is 1. The molecule has 11 nitrogen and oxygen atoms in total. The third-order valence-electron chi connectivity index (χ3n) is 5.37. The van der Waals surface area contributed by atoms with E-state index in [1.165, 1.54) is 6.33 Å². The predicted octanol–water partition coefficient (Wildman–Crippen LogP) is 2.43. The number of aliphatic carboxylic acids is 1. The van der Waals surface area contributed by atoms with Gasteiger partial charge in [0.15, 0.2) is 11.2 Å². The zero-order valence-electron chi connectivity index (χ0n) is 17.7. The number of carbonyl (C=O) groups is 1. The molecule has 14 heteroatoms. The molecule has 5 rings (SSSR count). The third-order valence-corrected chi connectivity index (χ3v) is 5.37. The molecular formula is C20H21F3N8O3. The molecule has 1 saturated heterocycles. The number of piperidine rings is 1. The van der Waals surface area contributed by atoms with Gasteiger partial charge in [0.05, 0.1) is 5.39 Å². The maximum Gasteiger partial charge on any atom is 0.490 e. The lowest BCUT2D eigenvalue weighted by Gasteiger charge is -2.22. The van der Waals surface area contributed by atoms with Gasteiger partial charge in [0.1, 0.15) is 23.4 Å². The lowest BCUT2D eigenvalue weighted by atomic mass is 9.98.